The van der Waals surface area contributed by atoms with Gasteiger partial charge < -0.3 is 14.7 Å². The van der Waals surface area contributed by atoms with E-state index < -0.39 is 5.60 Å². The van der Waals surface area contributed by atoms with Crippen molar-refractivity contribution in [3.63, 3.8) is 0 Å². The summed E-state index contributed by atoms with van der Waals surface area (Å²) in [5.74, 6) is 0.943. The number of hydrogen-bond donors (Lipinski definition) is 1. The normalized spacial score (nSPS) is 18.5. The van der Waals surface area contributed by atoms with Crippen LogP contribution in [0.25, 0.3) is 0 Å². The number of ether oxygens (including phenoxy) is 1. The second-order valence-electron chi connectivity index (χ2n) is 8.46. The van der Waals surface area contributed by atoms with Crippen LogP contribution < -0.4 is 9.64 Å². The number of aryl methyl sites for hydroxylation is 2. The molecule has 5 nitrogen and oxygen atoms in total. The van der Waals surface area contributed by atoms with Crippen molar-refractivity contribution in [1.29, 1.82) is 0 Å². The lowest BCUT2D eigenvalue weighted by molar-refractivity contribution is -0.121. The average molecular weight is 395 g/mol. The molecule has 0 saturated carbocycles. The van der Waals surface area contributed by atoms with Crippen LogP contribution in [0.15, 0.2) is 42.5 Å². The summed E-state index contributed by atoms with van der Waals surface area (Å²) in [6, 6.07) is 14.1. The first-order valence-electron chi connectivity index (χ1n) is 10.5. The lowest BCUT2D eigenvalue weighted by atomic mass is 9.92. The summed E-state index contributed by atoms with van der Waals surface area (Å²) in [6.45, 7) is 7.00. The number of amides is 1. The van der Waals surface area contributed by atoms with Gasteiger partial charge in [-0.05, 0) is 68.0 Å². The quantitative estimate of drug-likeness (QED) is 0.847. The topological polar surface area (TPSA) is 53.0 Å². The molecule has 1 saturated heterocycles. The number of para-hydroxylation sites is 1. The molecule has 0 spiro atoms. The molecule has 1 amide bonds. The molecule has 5 heteroatoms. The first-order valence-corrected chi connectivity index (χ1v) is 10.5. The molecule has 2 aliphatic rings. The Kier molecular flexibility index (Phi) is 5.61. The van der Waals surface area contributed by atoms with Gasteiger partial charge in [-0.2, -0.15) is 0 Å². The van der Waals surface area contributed by atoms with E-state index in [1.54, 1.807) is 0 Å². The van der Waals surface area contributed by atoms with Crippen molar-refractivity contribution in [3.8, 4) is 5.75 Å². The Morgan fingerprint density at radius 1 is 1.07 bits per heavy atom. The standard InChI is InChI=1S/C24H30N2O3/c1-18-7-8-21(15-19(18)2)29-17-24(28)10-13-25(14-11-24)16-23(27)26-12-9-20-5-3-4-6-22(20)26/h3-8,15,28H,9-14,16-17H2,1-2H3. The maximum Gasteiger partial charge on any atom is 0.241 e. The van der Waals surface area contributed by atoms with Crippen molar-refractivity contribution in [2.45, 2.75) is 38.7 Å². The van der Waals surface area contributed by atoms with Crippen LogP contribution >= 0.6 is 0 Å². The summed E-state index contributed by atoms with van der Waals surface area (Å²) < 4.78 is 5.88. The van der Waals surface area contributed by atoms with Gasteiger partial charge in [-0.3, -0.25) is 9.69 Å². The van der Waals surface area contributed by atoms with Crippen LogP contribution in [0.5, 0.6) is 5.75 Å². The van der Waals surface area contributed by atoms with Crippen molar-refractivity contribution >= 4 is 11.6 Å². The fourth-order valence-corrected chi connectivity index (χ4v) is 4.17. The molecule has 0 radical (unpaired) electrons. The smallest absolute Gasteiger partial charge is 0.241 e. The Balaban J connectivity index is 1.27. The van der Waals surface area contributed by atoms with Crippen molar-refractivity contribution in [3.05, 3.63) is 59.2 Å². The highest BCUT2D eigenvalue weighted by atomic mass is 16.5. The monoisotopic (exact) mass is 394 g/mol. The summed E-state index contributed by atoms with van der Waals surface area (Å²) >= 11 is 0. The van der Waals surface area contributed by atoms with Gasteiger partial charge in [-0.1, -0.05) is 24.3 Å². The number of nitrogens with zero attached hydrogens (tertiary/aromatic N) is 2. The van der Waals surface area contributed by atoms with E-state index >= 15 is 0 Å². The van der Waals surface area contributed by atoms with E-state index in [4.69, 9.17) is 4.74 Å². The molecule has 1 fully saturated rings. The molecule has 0 bridgehead atoms. The third-order valence-corrected chi connectivity index (χ3v) is 6.32. The van der Waals surface area contributed by atoms with Crippen molar-refractivity contribution in [2.75, 3.05) is 37.7 Å². The lowest BCUT2D eigenvalue weighted by Gasteiger charge is -2.38. The minimum absolute atomic E-state index is 0.145. The summed E-state index contributed by atoms with van der Waals surface area (Å²) in [5.41, 5.74) is 3.88. The maximum absolute atomic E-state index is 12.8. The zero-order valence-electron chi connectivity index (χ0n) is 17.4. The van der Waals surface area contributed by atoms with Crippen LogP contribution in [0.4, 0.5) is 5.69 Å². The molecule has 29 heavy (non-hydrogen) atoms. The second-order valence-corrected chi connectivity index (χ2v) is 8.46. The van der Waals surface area contributed by atoms with Gasteiger partial charge in [0.1, 0.15) is 18.0 Å². The number of carbonyl (C=O) groups excluding carboxylic acids is 1. The average Bonchev–Trinajstić information content (AvgIpc) is 3.15. The molecule has 0 aliphatic carbocycles. The highest BCUT2D eigenvalue weighted by Crippen LogP contribution is 2.29. The molecule has 0 atom stereocenters. The van der Waals surface area contributed by atoms with Crippen LogP contribution in [-0.4, -0.2) is 54.3 Å². The number of benzene rings is 2. The van der Waals surface area contributed by atoms with Gasteiger partial charge >= 0.3 is 0 Å². The third kappa shape index (κ3) is 4.46. The van der Waals surface area contributed by atoms with Crippen molar-refractivity contribution in [2.24, 2.45) is 0 Å². The van der Waals surface area contributed by atoms with E-state index in [1.165, 1.54) is 16.7 Å². The van der Waals surface area contributed by atoms with Gasteiger partial charge in [-0.25, -0.2) is 0 Å². The Morgan fingerprint density at radius 2 is 1.83 bits per heavy atom. The number of aliphatic hydroxyl groups is 1. The van der Waals surface area contributed by atoms with Crippen LogP contribution in [0, 0.1) is 13.8 Å². The van der Waals surface area contributed by atoms with Gasteiger partial charge in [0.15, 0.2) is 0 Å². The predicted octanol–water partition coefficient (Wildman–Crippen LogP) is 3.10. The third-order valence-electron chi connectivity index (χ3n) is 6.32. The van der Waals surface area contributed by atoms with Crippen LogP contribution in [-0.2, 0) is 11.2 Å². The molecule has 2 aromatic carbocycles. The zero-order valence-corrected chi connectivity index (χ0v) is 17.4. The molecule has 0 aromatic heterocycles. The molecular formula is C24H30N2O3. The highest BCUT2D eigenvalue weighted by Gasteiger charge is 2.34. The lowest BCUT2D eigenvalue weighted by Crippen LogP contribution is -2.50. The molecule has 2 heterocycles. The second kappa shape index (κ2) is 8.17. The minimum atomic E-state index is -0.835. The van der Waals surface area contributed by atoms with E-state index in [0.29, 0.717) is 32.5 Å². The van der Waals surface area contributed by atoms with Crippen LogP contribution in [0.2, 0.25) is 0 Å². The Morgan fingerprint density at radius 3 is 2.59 bits per heavy atom. The van der Waals surface area contributed by atoms with E-state index in [9.17, 15) is 9.90 Å². The molecular weight excluding hydrogens is 364 g/mol. The fraction of sp³-hybridized carbons (Fsp3) is 0.458. The first kappa shape index (κ1) is 19.9. The summed E-state index contributed by atoms with van der Waals surface area (Å²) in [5, 5.41) is 10.9. The van der Waals surface area contributed by atoms with Gasteiger partial charge in [0.05, 0.1) is 6.54 Å². The number of fused-ring (bicyclic) bond motifs is 1. The Labute approximate surface area is 172 Å². The van der Waals surface area contributed by atoms with Gasteiger partial charge in [0.2, 0.25) is 5.91 Å². The molecule has 2 aliphatic heterocycles. The van der Waals surface area contributed by atoms with Crippen LogP contribution in [0.3, 0.4) is 0 Å². The minimum Gasteiger partial charge on any atom is -0.491 e. The van der Waals surface area contributed by atoms with E-state index in [0.717, 1.165) is 24.4 Å². The van der Waals surface area contributed by atoms with E-state index in [-0.39, 0.29) is 12.5 Å². The van der Waals surface area contributed by atoms with E-state index in [1.807, 2.05) is 41.3 Å². The number of hydrogen-bond acceptors (Lipinski definition) is 4. The van der Waals surface area contributed by atoms with E-state index in [2.05, 4.69) is 24.8 Å². The number of carbonyl (C=O) groups is 1. The SMILES string of the molecule is Cc1ccc(OCC2(O)CCN(CC(=O)N3CCc4ccccc43)CC2)cc1C. The molecule has 1 N–H and O–H groups in total. The van der Waals surface area contributed by atoms with Crippen molar-refractivity contribution in [1.82, 2.24) is 4.90 Å². The van der Waals surface area contributed by atoms with Crippen molar-refractivity contribution < 1.29 is 14.6 Å². The Hall–Kier alpha value is -2.37. The van der Waals surface area contributed by atoms with Gasteiger partial charge in [0.25, 0.3) is 0 Å². The maximum atomic E-state index is 12.8. The summed E-state index contributed by atoms with van der Waals surface area (Å²) in [6.07, 6.45) is 2.15. The molecule has 4 rings (SSSR count). The van der Waals surface area contributed by atoms with Gasteiger partial charge in [-0.15, -0.1) is 0 Å². The predicted molar refractivity (Wildman–Crippen MR) is 115 cm³/mol. The summed E-state index contributed by atoms with van der Waals surface area (Å²) in [4.78, 5) is 16.9. The summed E-state index contributed by atoms with van der Waals surface area (Å²) in [7, 11) is 0. The first-order chi connectivity index (χ1) is 13.9. The number of rotatable bonds is 5. The molecule has 154 valence electrons. The van der Waals surface area contributed by atoms with Gasteiger partial charge in [0, 0.05) is 25.3 Å². The molecule has 0 unspecified atom stereocenters. The van der Waals surface area contributed by atoms with Crippen LogP contribution in [0.1, 0.15) is 29.5 Å². The largest absolute Gasteiger partial charge is 0.491 e. The molecule has 2 aromatic rings. The number of anilines is 1. The number of likely N-dealkylation sites (tertiary alicyclic amines) is 1. The Bertz CT molecular complexity index is 887. The zero-order chi connectivity index (χ0) is 20.4. The fourth-order valence-electron chi connectivity index (χ4n) is 4.17. The number of piperidine rings is 1. The highest BCUT2D eigenvalue weighted by molar-refractivity contribution is 5.96.